The third-order valence-electron chi connectivity index (χ3n) is 5.09. The fourth-order valence-electron chi connectivity index (χ4n) is 3.62. The summed E-state index contributed by atoms with van der Waals surface area (Å²) >= 11 is 0. The van der Waals surface area contributed by atoms with E-state index in [1.165, 1.54) is 15.5 Å². The first-order valence-electron chi connectivity index (χ1n) is 9.52. The van der Waals surface area contributed by atoms with E-state index in [1.807, 2.05) is 30.9 Å². The number of carbonyl (C=O) groups is 1. The van der Waals surface area contributed by atoms with Gasteiger partial charge < -0.3 is 9.32 Å². The van der Waals surface area contributed by atoms with Gasteiger partial charge in [-0.1, -0.05) is 6.07 Å². The molecule has 1 aliphatic heterocycles. The maximum atomic E-state index is 13.1. The second-order valence-corrected chi connectivity index (χ2v) is 7.15. The molecule has 0 N–H and O–H groups in total. The van der Waals surface area contributed by atoms with Gasteiger partial charge in [-0.05, 0) is 57.4 Å². The number of likely N-dealkylation sites (tertiary alicyclic amines) is 1. The lowest BCUT2D eigenvalue weighted by molar-refractivity contribution is -0.135. The van der Waals surface area contributed by atoms with E-state index in [0.29, 0.717) is 17.4 Å². The van der Waals surface area contributed by atoms with Crippen molar-refractivity contribution in [2.45, 2.75) is 45.7 Å². The topological polar surface area (TPSA) is 86.2 Å². The maximum Gasteiger partial charge on any atom is 0.352 e. The van der Waals surface area contributed by atoms with Crippen LogP contribution in [0.15, 0.2) is 45.8 Å². The highest BCUT2D eigenvalue weighted by atomic mass is 16.3. The van der Waals surface area contributed by atoms with E-state index in [-0.39, 0.29) is 18.5 Å². The monoisotopic (exact) mass is 381 g/mol. The number of aryl methyl sites for hydroxylation is 1. The van der Waals surface area contributed by atoms with Crippen molar-refractivity contribution in [1.29, 1.82) is 0 Å². The van der Waals surface area contributed by atoms with Gasteiger partial charge in [0.1, 0.15) is 12.4 Å². The summed E-state index contributed by atoms with van der Waals surface area (Å²) in [6, 6.07) is 9.06. The smallest absolute Gasteiger partial charge is 0.352 e. The van der Waals surface area contributed by atoms with Crippen LogP contribution in [0.25, 0.3) is 17.4 Å². The predicted octanol–water partition coefficient (Wildman–Crippen LogP) is 2.40. The van der Waals surface area contributed by atoms with E-state index < -0.39 is 5.69 Å². The van der Waals surface area contributed by atoms with E-state index in [0.717, 1.165) is 31.5 Å². The Morgan fingerprint density at radius 2 is 2.11 bits per heavy atom. The van der Waals surface area contributed by atoms with Gasteiger partial charge in [-0.15, -0.1) is 5.10 Å². The van der Waals surface area contributed by atoms with Gasteiger partial charge in [-0.2, -0.15) is 0 Å². The molecule has 0 bridgehead atoms. The van der Waals surface area contributed by atoms with Crippen LogP contribution in [0, 0.1) is 6.92 Å². The molecule has 0 aliphatic carbocycles. The van der Waals surface area contributed by atoms with Gasteiger partial charge in [0, 0.05) is 18.3 Å². The number of furan rings is 1. The number of hydrogen-bond acceptors (Lipinski definition) is 5. The molecule has 1 aliphatic rings. The minimum absolute atomic E-state index is 0.0952. The first-order valence-corrected chi connectivity index (χ1v) is 9.52. The second kappa shape index (κ2) is 7.46. The van der Waals surface area contributed by atoms with Gasteiger partial charge in [0.15, 0.2) is 5.76 Å². The normalized spacial score (nSPS) is 17.1. The van der Waals surface area contributed by atoms with E-state index >= 15 is 0 Å². The number of pyridine rings is 1. The molecule has 8 heteroatoms. The minimum atomic E-state index is -0.414. The van der Waals surface area contributed by atoms with Crippen molar-refractivity contribution in [3.05, 3.63) is 52.8 Å². The van der Waals surface area contributed by atoms with Gasteiger partial charge in [0.05, 0.1) is 6.26 Å². The summed E-state index contributed by atoms with van der Waals surface area (Å²) in [6.07, 6.45) is 4.62. The van der Waals surface area contributed by atoms with Crippen LogP contribution in [0.2, 0.25) is 0 Å². The Bertz CT molecular complexity index is 1030. The molecule has 1 amide bonds. The lowest BCUT2D eigenvalue weighted by Gasteiger charge is -2.33. The van der Waals surface area contributed by atoms with Crippen LogP contribution >= 0.6 is 0 Å². The van der Waals surface area contributed by atoms with Crippen LogP contribution < -0.4 is 5.69 Å². The molecule has 0 saturated carbocycles. The zero-order chi connectivity index (χ0) is 19.7. The quantitative estimate of drug-likeness (QED) is 0.693. The highest BCUT2D eigenvalue weighted by Crippen LogP contribution is 2.20. The largest absolute Gasteiger partial charge is 0.461 e. The summed E-state index contributed by atoms with van der Waals surface area (Å²) in [5.41, 5.74) is 0.364. The summed E-state index contributed by atoms with van der Waals surface area (Å²) in [5.74, 6) is 1.12. The van der Waals surface area contributed by atoms with E-state index in [1.54, 1.807) is 18.2 Å². The van der Waals surface area contributed by atoms with Crippen molar-refractivity contribution < 1.29 is 9.21 Å². The molecule has 1 unspecified atom stereocenters. The van der Waals surface area contributed by atoms with Gasteiger partial charge in [0.25, 0.3) is 0 Å². The Labute approximate surface area is 162 Å². The summed E-state index contributed by atoms with van der Waals surface area (Å²) in [4.78, 5) is 32.2. The van der Waals surface area contributed by atoms with Gasteiger partial charge in [-0.25, -0.2) is 19.0 Å². The van der Waals surface area contributed by atoms with Gasteiger partial charge in [-0.3, -0.25) is 4.79 Å². The van der Waals surface area contributed by atoms with Gasteiger partial charge in [0.2, 0.25) is 11.7 Å². The molecule has 146 valence electrons. The lowest BCUT2D eigenvalue weighted by atomic mass is 10.0. The second-order valence-electron chi connectivity index (χ2n) is 7.15. The Morgan fingerprint density at radius 1 is 1.25 bits per heavy atom. The lowest BCUT2D eigenvalue weighted by Crippen LogP contribution is -2.44. The minimum Gasteiger partial charge on any atom is -0.461 e. The number of amides is 1. The van der Waals surface area contributed by atoms with E-state index in [2.05, 4.69) is 10.1 Å². The molecule has 4 rings (SSSR count). The summed E-state index contributed by atoms with van der Waals surface area (Å²) < 4.78 is 8.05. The van der Waals surface area contributed by atoms with Crippen LogP contribution in [0.5, 0.6) is 0 Å². The molecule has 1 saturated heterocycles. The molecule has 3 aromatic rings. The van der Waals surface area contributed by atoms with Crippen molar-refractivity contribution in [3.63, 3.8) is 0 Å². The molecule has 0 spiro atoms. The highest BCUT2D eigenvalue weighted by molar-refractivity contribution is 5.76. The SMILES string of the molecule is Cc1cccc(-n2c(-c3ccco3)nn(CC(=O)N3CCCCC3C)c2=O)n1. The maximum absolute atomic E-state index is 13.1. The number of piperidine rings is 1. The van der Waals surface area contributed by atoms with E-state index in [9.17, 15) is 9.59 Å². The fraction of sp³-hybridized carbons (Fsp3) is 0.400. The molecule has 4 heterocycles. The molecule has 28 heavy (non-hydrogen) atoms. The van der Waals surface area contributed by atoms with Crippen molar-refractivity contribution in [1.82, 2.24) is 24.2 Å². The number of carbonyl (C=O) groups excluding carboxylic acids is 1. The average Bonchev–Trinajstić information content (AvgIpc) is 3.31. The fourth-order valence-corrected chi connectivity index (χ4v) is 3.62. The molecule has 0 aromatic carbocycles. The molecule has 8 nitrogen and oxygen atoms in total. The number of aromatic nitrogens is 4. The molecular formula is C20H23N5O3. The van der Waals surface area contributed by atoms with Crippen LogP contribution in [-0.4, -0.2) is 42.7 Å². The van der Waals surface area contributed by atoms with Crippen LogP contribution in [-0.2, 0) is 11.3 Å². The van der Waals surface area contributed by atoms with Crippen molar-refractivity contribution in [3.8, 4) is 17.4 Å². The van der Waals surface area contributed by atoms with Crippen molar-refractivity contribution in [2.24, 2.45) is 0 Å². The Kier molecular flexibility index (Phi) is 4.85. The number of nitrogens with zero attached hydrogens (tertiary/aromatic N) is 5. The zero-order valence-corrected chi connectivity index (χ0v) is 16.0. The average molecular weight is 381 g/mol. The molecule has 1 fully saturated rings. The summed E-state index contributed by atoms with van der Waals surface area (Å²) in [7, 11) is 0. The number of hydrogen-bond donors (Lipinski definition) is 0. The third kappa shape index (κ3) is 3.37. The van der Waals surface area contributed by atoms with E-state index in [4.69, 9.17) is 4.42 Å². The van der Waals surface area contributed by atoms with Crippen LogP contribution in [0.4, 0.5) is 0 Å². The third-order valence-corrected chi connectivity index (χ3v) is 5.09. The Balaban J connectivity index is 1.74. The Hall–Kier alpha value is -3.16. The standard InChI is InChI=1S/C20H23N5O3/c1-14-7-5-10-17(21-14)25-19(16-9-6-12-28-16)22-24(20(25)27)13-18(26)23-11-4-3-8-15(23)2/h5-7,9-10,12,15H,3-4,8,11,13H2,1-2H3. The van der Waals surface area contributed by atoms with Crippen molar-refractivity contribution >= 4 is 5.91 Å². The van der Waals surface area contributed by atoms with Crippen LogP contribution in [0.3, 0.4) is 0 Å². The van der Waals surface area contributed by atoms with Crippen molar-refractivity contribution in [2.75, 3.05) is 6.54 Å². The van der Waals surface area contributed by atoms with Crippen LogP contribution in [0.1, 0.15) is 31.9 Å². The molecule has 0 radical (unpaired) electrons. The Morgan fingerprint density at radius 3 is 2.82 bits per heavy atom. The molecule has 3 aromatic heterocycles. The van der Waals surface area contributed by atoms with Gasteiger partial charge >= 0.3 is 5.69 Å². The number of rotatable bonds is 4. The summed E-state index contributed by atoms with van der Waals surface area (Å²) in [5, 5.41) is 4.40. The first kappa shape index (κ1) is 18.2. The predicted molar refractivity (Wildman–Crippen MR) is 103 cm³/mol. The first-order chi connectivity index (χ1) is 13.5. The summed E-state index contributed by atoms with van der Waals surface area (Å²) in [6.45, 7) is 4.52. The highest BCUT2D eigenvalue weighted by Gasteiger charge is 2.26. The molecular weight excluding hydrogens is 358 g/mol. The molecule has 1 atom stereocenters. The zero-order valence-electron chi connectivity index (χ0n) is 16.0.